The molecule has 1 fully saturated rings. The van der Waals surface area contributed by atoms with Crippen LogP contribution in [-0.2, 0) is 14.4 Å². The van der Waals surface area contributed by atoms with Crippen LogP contribution in [-0.4, -0.2) is 60.9 Å². The highest BCUT2D eigenvalue weighted by atomic mass is 32.2. The zero-order valence-electron chi connectivity index (χ0n) is 13.9. The van der Waals surface area contributed by atoms with Gasteiger partial charge in [0.2, 0.25) is 0 Å². The molecule has 2 unspecified atom stereocenters. The van der Waals surface area contributed by atoms with Crippen molar-refractivity contribution in [1.29, 1.82) is 0 Å². The maximum absolute atomic E-state index is 12.5. The Hall–Kier alpha value is -2.86. The Morgan fingerprint density at radius 1 is 1.52 bits per heavy atom. The number of fused-ring (bicyclic) bond motifs is 1. The summed E-state index contributed by atoms with van der Waals surface area (Å²) in [6, 6.07) is -0.934. The molecule has 2 atom stereocenters. The van der Waals surface area contributed by atoms with Crippen LogP contribution in [0.2, 0.25) is 0 Å². The van der Waals surface area contributed by atoms with Crippen LogP contribution in [0.15, 0.2) is 34.0 Å². The first-order valence-electron chi connectivity index (χ1n) is 7.67. The number of carbonyl (C=O) groups is 3. The average molecular weight is 409 g/mol. The number of aromatic nitrogens is 1. The predicted molar refractivity (Wildman–Crippen MR) is 99.3 cm³/mol. The van der Waals surface area contributed by atoms with Gasteiger partial charge in [-0.25, -0.2) is 9.78 Å². The second-order valence-corrected chi connectivity index (χ2v) is 7.55. The topological polar surface area (TPSA) is 158 Å². The van der Waals surface area contributed by atoms with Crippen LogP contribution in [0.5, 0.6) is 0 Å². The number of thiazole rings is 1. The van der Waals surface area contributed by atoms with Crippen molar-refractivity contribution >= 4 is 51.7 Å². The van der Waals surface area contributed by atoms with Crippen molar-refractivity contribution in [1.82, 2.24) is 15.2 Å². The van der Waals surface area contributed by atoms with Crippen LogP contribution in [0.4, 0.5) is 5.13 Å². The predicted octanol–water partition coefficient (Wildman–Crippen LogP) is 0.218. The second-order valence-electron chi connectivity index (χ2n) is 5.56. The van der Waals surface area contributed by atoms with Crippen molar-refractivity contribution in [2.24, 2.45) is 5.16 Å². The van der Waals surface area contributed by atoms with Crippen molar-refractivity contribution in [2.75, 3.05) is 11.5 Å². The molecular weight excluding hydrogens is 394 g/mol. The van der Waals surface area contributed by atoms with Crippen LogP contribution in [0.1, 0.15) is 12.6 Å². The molecule has 0 spiro atoms. The molecule has 0 aliphatic carbocycles. The first kappa shape index (κ1) is 18.9. The Morgan fingerprint density at radius 3 is 2.81 bits per heavy atom. The highest BCUT2D eigenvalue weighted by Gasteiger charge is 2.54. The molecule has 142 valence electrons. The minimum atomic E-state index is -1.21. The Morgan fingerprint density at radius 2 is 2.26 bits per heavy atom. The summed E-state index contributed by atoms with van der Waals surface area (Å²) in [4.78, 5) is 41.5. The first-order chi connectivity index (χ1) is 12.9. The van der Waals surface area contributed by atoms with Gasteiger partial charge in [0.15, 0.2) is 10.8 Å². The Balaban J connectivity index is 1.79. The van der Waals surface area contributed by atoms with Crippen LogP contribution in [0.3, 0.4) is 0 Å². The fourth-order valence-electron chi connectivity index (χ4n) is 2.79. The molecule has 0 saturated carbocycles. The Kier molecular flexibility index (Phi) is 5.19. The summed E-state index contributed by atoms with van der Waals surface area (Å²) in [5, 5.41) is 25.1. The second kappa shape index (κ2) is 7.40. The van der Waals surface area contributed by atoms with Crippen molar-refractivity contribution in [2.45, 2.75) is 18.3 Å². The van der Waals surface area contributed by atoms with Gasteiger partial charge in [-0.05, 0) is 12.5 Å². The number of aliphatic carboxylic acids is 1. The highest BCUT2D eigenvalue weighted by Crippen LogP contribution is 2.40. The molecule has 2 aliphatic heterocycles. The number of nitrogens with two attached hydrogens (primary N) is 1. The van der Waals surface area contributed by atoms with Crippen molar-refractivity contribution < 1.29 is 24.7 Å². The third-order valence-corrected chi connectivity index (χ3v) is 5.91. The highest BCUT2D eigenvalue weighted by molar-refractivity contribution is 8.00. The fourth-order valence-corrected chi connectivity index (χ4v) is 4.66. The third-order valence-electron chi connectivity index (χ3n) is 3.93. The van der Waals surface area contributed by atoms with E-state index in [4.69, 9.17) is 10.9 Å². The van der Waals surface area contributed by atoms with Crippen LogP contribution in [0.25, 0.3) is 0 Å². The number of carbonyl (C=O) groups excluding carboxylic acids is 2. The van der Waals surface area contributed by atoms with Crippen LogP contribution >= 0.6 is 23.1 Å². The zero-order chi connectivity index (χ0) is 19.7. The van der Waals surface area contributed by atoms with Gasteiger partial charge in [-0.15, -0.1) is 23.1 Å². The standard InChI is InChI=1S/C15H15N5O5S2/c1-2-3-6-4-26-13-9(12(22)20(13)10(6)14(23)24)18-11(21)8(19-25)7-5-27-15(16)17-7/h2-3,5,9,13,25H,4H2,1H3,(H2,16,17)(H,18,21)(H,23,24)/b3-2+,19-8+. The molecule has 0 aromatic carbocycles. The molecule has 2 aliphatic rings. The minimum absolute atomic E-state index is 0.0823. The van der Waals surface area contributed by atoms with E-state index in [0.29, 0.717) is 11.3 Å². The number of carboxylic acid groups (broad SMARTS) is 1. The molecule has 0 bridgehead atoms. The van der Waals surface area contributed by atoms with E-state index in [0.717, 1.165) is 16.2 Å². The number of rotatable bonds is 5. The summed E-state index contributed by atoms with van der Waals surface area (Å²) >= 11 is 2.41. The van der Waals surface area contributed by atoms with Crippen molar-refractivity contribution in [3.05, 3.63) is 34.5 Å². The number of amides is 2. The molecule has 27 heavy (non-hydrogen) atoms. The minimum Gasteiger partial charge on any atom is -0.477 e. The Labute approximate surface area is 161 Å². The first-order valence-corrected chi connectivity index (χ1v) is 9.60. The summed E-state index contributed by atoms with van der Waals surface area (Å²) in [5.74, 6) is -2.17. The van der Waals surface area contributed by atoms with Gasteiger partial charge in [0.25, 0.3) is 11.8 Å². The molecule has 2 amide bonds. The van der Waals surface area contributed by atoms with Gasteiger partial charge in [-0.3, -0.25) is 14.5 Å². The molecule has 1 aromatic rings. The molecule has 5 N–H and O–H groups in total. The van der Waals surface area contributed by atoms with E-state index in [1.54, 1.807) is 19.1 Å². The normalized spacial score (nSPS) is 22.6. The van der Waals surface area contributed by atoms with Gasteiger partial charge in [0.1, 0.15) is 22.8 Å². The molecule has 3 heterocycles. The van der Waals surface area contributed by atoms with Gasteiger partial charge in [0.05, 0.1) is 0 Å². The monoisotopic (exact) mass is 409 g/mol. The lowest BCUT2D eigenvalue weighted by Crippen LogP contribution is -2.71. The number of nitrogens with one attached hydrogen (secondary N) is 1. The van der Waals surface area contributed by atoms with Gasteiger partial charge in [-0.1, -0.05) is 17.3 Å². The number of β-lactam (4-membered cyclic amide) rings is 1. The Bertz CT molecular complexity index is 906. The average Bonchev–Trinajstić information content (AvgIpc) is 3.05. The van der Waals surface area contributed by atoms with Gasteiger partial charge < -0.3 is 21.4 Å². The quantitative estimate of drug-likeness (QED) is 0.233. The number of anilines is 1. The number of allylic oxidation sites excluding steroid dienone is 2. The van der Waals surface area contributed by atoms with E-state index in [2.05, 4.69) is 15.5 Å². The molecule has 1 aromatic heterocycles. The van der Waals surface area contributed by atoms with Crippen molar-refractivity contribution in [3.8, 4) is 0 Å². The summed E-state index contributed by atoms with van der Waals surface area (Å²) in [7, 11) is 0. The number of carboxylic acids is 1. The molecule has 1 saturated heterocycles. The van der Waals surface area contributed by atoms with E-state index in [-0.39, 0.29) is 22.2 Å². The molecule has 10 nitrogen and oxygen atoms in total. The van der Waals surface area contributed by atoms with Gasteiger partial charge in [0, 0.05) is 11.1 Å². The number of oxime groups is 1. The largest absolute Gasteiger partial charge is 0.477 e. The smallest absolute Gasteiger partial charge is 0.352 e. The van der Waals surface area contributed by atoms with E-state index in [9.17, 15) is 19.5 Å². The number of hydrogen-bond donors (Lipinski definition) is 4. The number of hydrogen-bond acceptors (Lipinski definition) is 9. The van der Waals surface area contributed by atoms with E-state index >= 15 is 0 Å². The lowest BCUT2D eigenvalue weighted by atomic mass is 10.0. The molecular formula is C15H15N5O5S2. The maximum Gasteiger partial charge on any atom is 0.352 e. The SMILES string of the molecule is C/C=C/C1=C(C(=O)O)N2C(=O)C(NC(=O)/C(=N/O)c3csc(N)n3)C2SC1. The van der Waals surface area contributed by atoms with Crippen LogP contribution < -0.4 is 11.1 Å². The summed E-state index contributed by atoms with van der Waals surface area (Å²) < 4.78 is 0. The maximum atomic E-state index is 12.5. The molecule has 12 heteroatoms. The van der Waals surface area contributed by atoms with Gasteiger partial charge >= 0.3 is 5.97 Å². The number of thioether (sulfide) groups is 1. The third kappa shape index (κ3) is 3.28. The summed E-state index contributed by atoms with van der Waals surface area (Å²) in [5.41, 5.74) is 5.66. The summed E-state index contributed by atoms with van der Waals surface area (Å²) in [6.45, 7) is 1.76. The summed E-state index contributed by atoms with van der Waals surface area (Å²) in [6.07, 6.45) is 3.35. The van der Waals surface area contributed by atoms with Crippen molar-refractivity contribution in [3.63, 3.8) is 0 Å². The number of nitrogen functional groups attached to an aromatic ring is 1. The zero-order valence-corrected chi connectivity index (χ0v) is 15.6. The lowest BCUT2D eigenvalue weighted by Gasteiger charge is -2.49. The number of nitrogens with zero attached hydrogens (tertiary/aromatic N) is 3. The molecule has 0 radical (unpaired) electrons. The lowest BCUT2D eigenvalue weighted by molar-refractivity contribution is -0.150. The van der Waals surface area contributed by atoms with E-state index < -0.39 is 29.2 Å². The van der Waals surface area contributed by atoms with E-state index in [1.165, 1.54) is 17.1 Å². The van der Waals surface area contributed by atoms with Crippen LogP contribution in [0, 0.1) is 0 Å². The van der Waals surface area contributed by atoms with E-state index in [1.807, 2.05) is 0 Å². The fraction of sp³-hybridized carbons (Fsp3) is 0.267. The molecule has 3 rings (SSSR count). The van der Waals surface area contributed by atoms with Gasteiger partial charge in [-0.2, -0.15) is 0 Å².